The number of ether oxygens (including phenoxy) is 1. The van der Waals surface area contributed by atoms with E-state index in [1.807, 2.05) is 37.3 Å². The number of fused-ring (bicyclic) bond motifs is 1. The fourth-order valence-electron chi connectivity index (χ4n) is 2.63. The summed E-state index contributed by atoms with van der Waals surface area (Å²) < 4.78 is 10.7. The van der Waals surface area contributed by atoms with Gasteiger partial charge in [-0.25, -0.2) is 0 Å². The Balaban J connectivity index is 1.82. The molecule has 4 nitrogen and oxygen atoms in total. The average molecular weight is 296 g/mol. The van der Waals surface area contributed by atoms with Crippen molar-refractivity contribution in [1.29, 1.82) is 0 Å². The first kappa shape index (κ1) is 14.8. The van der Waals surface area contributed by atoms with Gasteiger partial charge in [-0.3, -0.25) is 4.79 Å². The van der Waals surface area contributed by atoms with E-state index in [1.54, 1.807) is 12.1 Å². The summed E-state index contributed by atoms with van der Waals surface area (Å²) in [4.78, 5) is 12.5. The number of rotatable bonds is 5. The number of hydrogen-bond donors (Lipinski definition) is 1. The zero-order valence-electron chi connectivity index (χ0n) is 12.4. The van der Waals surface area contributed by atoms with Crippen LogP contribution in [0.5, 0.6) is 5.75 Å². The predicted molar refractivity (Wildman–Crippen MR) is 84.5 cm³/mol. The van der Waals surface area contributed by atoms with Crippen molar-refractivity contribution in [3.63, 3.8) is 0 Å². The maximum atomic E-state index is 12.5. The van der Waals surface area contributed by atoms with Crippen molar-refractivity contribution in [2.24, 2.45) is 0 Å². The number of carbonyl (C=O) groups excluding carboxylic acids is 1. The van der Waals surface area contributed by atoms with Gasteiger partial charge in [0.1, 0.15) is 5.75 Å². The van der Waals surface area contributed by atoms with E-state index in [4.69, 9.17) is 9.39 Å². The van der Waals surface area contributed by atoms with Gasteiger partial charge in [-0.2, -0.15) is 0 Å². The zero-order chi connectivity index (χ0) is 15.5. The molecule has 0 unspecified atom stereocenters. The largest absolute Gasteiger partial charge is 0.493 e. The van der Waals surface area contributed by atoms with Gasteiger partial charge in [-0.1, -0.05) is 30.3 Å². The standard InChI is InChI=1S/C17H17BO4/c1-2-21-17-6-4-3-5-14(17)16(19)10-12-7-8-13-11-22-18(20)15(13)9-12/h3-9,20H,2,10-11H2,1H3. The van der Waals surface area contributed by atoms with Crippen LogP contribution in [0.15, 0.2) is 42.5 Å². The van der Waals surface area contributed by atoms with Gasteiger partial charge >= 0.3 is 7.12 Å². The fourth-order valence-corrected chi connectivity index (χ4v) is 2.63. The summed E-state index contributed by atoms with van der Waals surface area (Å²) in [5.41, 5.74) is 3.17. The maximum Gasteiger partial charge on any atom is 0.491 e. The molecule has 5 heteroatoms. The summed E-state index contributed by atoms with van der Waals surface area (Å²) in [5, 5.41) is 9.74. The second-order valence-corrected chi connectivity index (χ2v) is 5.23. The molecule has 1 heterocycles. The van der Waals surface area contributed by atoms with Crippen LogP contribution in [0.2, 0.25) is 0 Å². The normalized spacial score (nSPS) is 13.1. The molecule has 0 bridgehead atoms. The lowest BCUT2D eigenvalue weighted by atomic mass is 9.78. The molecular weight excluding hydrogens is 279 g/mol. The monoisotopic (exact) mass is 296 g/mol. The van der Waals surface area contributed by atoms with E-state index in [-0.39, 0.29) is 12.2 Å². The van der Waals surface area contributed by atoms with Crippen LogP contribution >= 0.6 is 0 Å². The second-order valence-electron chi connectivity index (χ2n) is 5.23. The molecule has 0 radical (unpaired) electrons. The molecule has 0 saturated carbocycles. The molecule has 22 heavy (non-hydrogen) atoms. The van der Waals surface area contributed by atoms with E-state index in [0.29, 0.717) is 24.5 Å². The van der Waals surface area contributed by atoms with E-state index >= 15 is 0 Å². The molecule has 2 aromatic carbocycles. The first-order valence-corrected chi connectivity index (χ1v) is 7.35. The highest BCUT2D eigenvalue weighted by molar-refractivity contribution is 6.61. The van der Waals surface area contributed by atoms with Gasteiger partial charge in [0.15, 0.2) is 5.78 Å². The number of hydrogen-bond acceptors (Lipinski definition) is 4. The predicted octanol–water partition coefficient (Wildman–Crippen LogP) is 1.73. The highest BCUT2D eigenvalue weighted by atomic mass is 16.5. The molecule has 112 valence electrons. The Morgan fingerprint density at radius 2 is 2.14 bits per heavy atom. The highest BCUT2D eigenvalue weighted by Gasteiger charge is 2.27. The molecular formula is C17H17BO4. The lowest BCUT2D eigenvalue weighted by molar-refractivity contribution is 0.0989. The molecule has 1 aliphatic rings. The number of ketones is 1. The van der Waals surface area contributed by atoms with Gasteiger partial charge < -0.3 is 14.4 Å². The third-order valence-corrected chi connectivity index (χ3v) is 3.73. The Labute approximate surface area is 129 Å². The summed E-state index contributed by atoms with van der Waals surface area (Å²) in [6, 6.07) is 12.9. The third-order valence-electron chi connectivity index (χ3n) is 3.73. The quantitative estimate of drug-likeness (QED) is 0.674. The number of Topliss-reactive ketones (excluding diaryl/α,β-unsaturated/α-hetero) is 1. The Bertz CT molecular complexity index is 699. The Morgan fingerprint density at radius 1 is 1.32 bits per heavy atom. The van der Waals surface area contributed by atoms with Crippen LogP contribution in [0.25, 0.3) is 0 Å². The summed E-state index contributed by atoms with van der Waals surface area (Å²) in [5.74, 6) is 0.608. The second kappa shape index (κ2) is 6.34. The molecule has 0 spiro atoms. The van der Waals surface area contributed by atoms with E-state index in [2.05, 4.69) is 0 Å². The van der Waals surface area contributed by atoms with Crippen molar-refractivity contribution in [2.75, 3.05) is 6.61 Å². The van der Waals surface area contributed by atoms with E-state index in [9.17, 15) is 9.82 Å². The van der Waals surface area contributed by atoms with E-state index in [1.165, 1.54) is 0 Å². The SMILES string of the molecule is CCOc1ccccc1C(=O)Cc1ccc2c(c1)B(O)OC2. The first-order valence-electron chi connectivity index (χ1n) is 7.35. The van der Waals surface area contributed by atoms with Crippen LogP contribution in [0.4, 0.5) is 0 Å². The minimum atomic E-state index is -0.888. The molecule has 0 saturated heterocycles. The van der Waals surface area contributed by atoms with Crippen LogP contribution in [0, 0.1) is 0 Å². The molecule has 3 rings (SSSR count). The Morgan fingerprint density at radius 3 is 2.95 bits per heavy atom. The first-order chi connectivity index (χ1) is 10.7. The summed E-state index contributed by atoms with van der Waals surface area (Å²) in [7, 11) is -0.888. The van der Waals surface area contributed by atoms with Crippen LogP contribution in [0.3, 0.4) is 0 Å². The van der Waals surface area contributed by atoms with Crippen LogP contribution in [-0.4, -0.2) is 24.5 Å². The molecule has 1 N–H and O–H groups in total. The maximum absolute atomic E-state index is 12.5. The minimum absolute atomic E-state index is 0.00240. The topological polar surface area (TPSA) is 55.8 Å². The van der Waals surface area contributed by atoms with Crippen molar-refractivity contribution < 1.29 is 19.2 Å². The van der Waals surface area contributed by atoms with Gasteiger partial charge in [0.05, 0.1) is 18.8 Å². The Hall–Kier alpha value is -2.11. The lowest BCUT2D eigenvalue weighted by Gasteiger charge is -2.09. The lowest BCUT2D eigenvalue weighted by Crippen LogP contribution is -2.28. The van der Waals surface area contributed by atoms with Crippen molar-refractivity contribution in [3.05, 3.63) is 59.2 Å². The average Bonchev–Trinajstić information content (AvgIpc) is 2.89. The number of benzene rings is 2. The molecule has 0 aromatic heterocycles. The molecule has 1 aliphatic heterocycles. The van der Waals surface area contributed by atoms with Gasteiger partial charge in [-0.15, -0.1) is 0 Å². The number of para-hydroxylation sites is 1. The molecule has 0 atom stereocenters. The molecule has 2 aromatic rings. The fraction of sp³-hybridized carbons (Fsp3) is 0.235. The van der Waals surface area contributed by atoms with Gasteiger partial charge in [0, 0.05) is 6.42 Å². The van der Waals surface area contributed by atoms with Crippen molar-refractivity contribution in [3.8, 4) is 5.75 Å². The highest BCUT2D eigenvalue weighted by Crippen LogP contribution is 2.20. The summed E-state index contributed by atoms with van der Waals surface area (Å²) >= 11 is 0. The summed E-state index contributed by atoms with van der Waals surface area (Å²) in [6.45, 7) is 2.83. The molecule has 0 amide bonds. The Kier molecular flexibility index (Phi) is 4.27. The smallest absolute Gasteiger partial charge is 0.491 e. The van der Waals surface area contributed by atoms with Crippen molar-refractivity contribution in [2.45, 2.75) is 20.0 Å². The molecule has 0 fully saturated rings. The molecule has 0 aliphatic carbocycles. The van der Waals surface area contributed by atoms with E-state index in [0.717, 1.165) is 16.6 Å². The zero-order valence-corrected chi connectivity index (χ0v) is 12.4. The van der Waals surface area contributed by atoms with Gasteiger partial charge in [-0.05, 0) is 35.6 Å². The van der Waals surface area contributed by atoms with Crippen molar-refractivity contribution >= 4 is 18.4 Å². The van der Waals surface area contributed by atoms with E-state index < -0.39 is 7.12 Å². The summed E-state index contributed by atoms with van der Waals surface area (Å²) in [6.07, 6.45) is 0.268. The van der Waals surface area contributed by atoms with Crippen LogP contribution in [-0.2, 0) is 17.7 Å². The minimum Gasteiger partial charge on any atom is -0.493 e. The van der Waals surface area contributed by atoms with Crippen LogP contribution in [0.1, 0.15) is 28.4 Å². The van der Waals surface area contributed by atoms with Gasteiger partial charge in [0.2, 0.25) is 0 Å². The van der Waals surface area contributed by atoms with Gasteiger partial charge in [0.25, 0.3) is 0 Å². The van der Waals surface area contributed by atoms with Crippen LogP contribution < -0.4 is 10.2 Å². The number of carbonyl (C=O) groups is 1. The third kappa shape index (κ3) is 2.91. The van der Waals surface area contributed by atoms with Crippen molar-refractivity contribution in [1.82, 2.24) is 0 Å².